The van der Waals surface area contributed by atoms with Gasteiger partial charge in [-0.05, 0) is 26.0 Å². The molecule has 6 nitrogen and oxygen atoms in total. The lowest BCUT2D eigenvalue weighted by molar-refractivity contribution is 0.394. The van der Waals surface area contributed by atoms with E-state index >= 15 is 0 Å². The molecule has 0 spiro atoms. The summed E-state index contributed by atoms with van der Waals surface area (Å²) < 4.78 is 10.6. The summed E-state index contributed by atoms with van der Waals surface area (Å²) in [4.78, 5) is 11.0. The Morgan fingerprint density at radius 3 is 2.05 bits per heavy atom. The Labute approximate surface area is 130 Å². The minimum absolute atomic E-state index is 0.439. The van der Waals surface area contributed by atoms with Crippen LogP contribution in [0.4, 0.5) is 11.8 Å². The van der Waals surface area contributed by atoms with Crippen LogP contribution in [0.2, 0.25) is 0 Å². The number of ether oxygens (including phenoxy) is 2. The van der Waals surface area contributed by atoms with Crippen LogP contribution >= 0.6 is 0 Å². The van der Waals surface area contributed by atoms with Crippen molar-refractivity contribution in [3.63, 3.8) is 0 Å². The Morgan fingerprint density at radius 1 is 0.955 bits per heavy atom. The highest BCUT2D eigenvalue weighted by molar-refractivity contribution is 5.67. The zero-order chi connectivity index (χ0) is 16.1. The third-order valence-electron chi connectivity index (χ3n) is 3.43. The third-order valence-corrected chi connectivity index (χ3v) is 3.43. The molecule has 0 amide bonds. The Balaban J connectivity index is 2.52. The molecule has 0 aliphatic carbocycles. The number of nitrogens with zero attached hydrogens (tertiary/aromatic N) is 3. The van der Waals surface area contributed by atoms with Crippen LogP contribution in [0.3, 0.4) is 0 Å². The molecule has 0 saturated carbocycles. The first-order valence-corrected chi connectivity index (χ1v) is 7.24. The molecular formula is C16H22N4O2. The van der Waals surface area contributed by atoms with Crippen LogP contribution in [0, 0.1) is 0 Å². The number of benzene rings is 1. The monoisotopic (exact) mass is 302 g/mol. The van der Waals surface area contributed by atoms with Crippen LogP contribution in [-0.4, -0.2) is 37.3 Å². The van der Waals surface area contributed by atoms with Gasteiger partial charge < -0.3 is 20.1 Å². The predicted molar refractivity (Wildman–Crippen MR) is 88.5 cm³/mol. The molecule has 0 unspecified atom stereocenters. The molecule has 0 aliphatic heterocycles. The van der Waals surface area contributed by atoms with Gasteiger partial charge in [0.25, 0.3) is 0 Å². The first-order valence-electron chi connectivity index (χ1n) is 7.24. The lowest BCUT2D eigenvalue weighted by atomic mass is 10.1. The molecule has 1 aromatic heterocycles. The van der Waals surface area contributed by atoms with Crippen LogP contribution < -0.4 is 20.1 Å². The average Bonchev–Trinajstić information content (AvgIpc) is 2.55. The minimum atomic E-state index is 0.439. The number of anilines is 2. The van der Waals surface area contributed by atoms with Crippen LogP contribution in [0.25, 0.3) is 11.3 Å². The van der Waals surface area contributed by atoms with E-state index in [0.29, 0.717) is 23.3 Å². The van der Waals surface area contributed by atoms with Crippen LogP contribution in [0.15, 0.2) is 24.3 Å². The quantitative estimate of drug-likeness (QED) is 0.884. The van der Waals surface area contributed by atoms with Crippen molar-refractivity contribution in [1.82, 2.24) is 9.97 Å². The molecule has 2 rings (SSSR count). The summed E-state index contributed by atoms with van der Waals surface area (Å²) >= 11 is 0. The zero-order valence-corrected chi connectivity index (χ0v) is 13.5. The number of methoxy groups -OCH3 is 2. The van der Waals surface area contributed by atoms with Crippen LogP contribution in [0.5, 0.6) is 11.5 Å². The fraction of sp³-hybridized carbons (Fsp3) is 0.375. The Kier molecular flexibility index (Phi) is 5.04. The highest BCUT2D eigenvalue weighted by Crippen LogP contribution is 2.30. The van der Waals surface area contributed by atoms with Gasteiger partial charge in [-0.1, -0.05) is 0 Å². The Morgan fingerprint density at radius 2 is 1.55 bits per heavy atom. The molecule has 0 saturated heterocycles. The van der Waals surface area contributed by atoms with E-state index in [1.54, 1.807) is 20.3 Å². The van der Waals surface area contributed by atoms with Gasteiger partial charge >= 0.3 is 0 Å². The maximum atomic E-state index is 5.94. The summed E-state index contributed by atoms with van der Waals surface area (Å²) in [5, 5.41) is 0. The van der Waals surface area contributed by atoms with Gasteiger partial charge in [-0.25, -0.2) is 4.98 Å². The van der Waals surface area contributed by atoms with Crippen molar-refractivity contribution >= 4 is 11.8 Å². The summed E-state index contributed by atoms with van der Waals surface area (Å²) in [6.07, 6.45) is 0. The van der Waals surface area contributed by atoms with Gasteiger partial charge in [0, 0.05) is 30.8 Å². The summed E-state index contributed by atoms with van der Waals surface area (Å²) in [7, 11) is 3.24. The SMILES string of the molecule is CCN(CC)c1nc(N)cc(-c2cc(OC)cc(OC)c2)n1. The summed E-state index contributed by atoms with van der Waals surface area (Å²) in [6, 6.07) is 7.37. The fourth-order valence-corrected chi connectivity index (χ4v) is 2.20. The van der Waals surface area contributed by atoms with Crippen molar-refractivity contribution < 1.29 is 9.47 Å². The Bertz CT molecular complexity index is 620. The highest BCUT2D eigenvalue weighted by Gasteiger charge is 2.11. The first-order chi connectivity index (χ1) is 10.6. The van der Waals surface area contributed by atoms with Crippen molar-refractivity contribution in [3.8, 4) is 22.8 Å². The fourth-order valence-electron chi connectivity index (χ4n) is 2.20. The molecule has 6 heteroatoms. The van der Waals surface area contributed by atoms with Crippen molar-refractivity contribution in [2.24, 2.45) is 0 Å². The molecule has 2 aromatic rings. The van der Waals surface area contributed by atoms with E-state index < -0.39 is 0 Å². The Hall–Kier alpha value is -2.50. The molecule has 22 heavy (non-hydrogen) atoms. The smallest absolute Gasteiger partial charge is 0.227 e. The van der Waals surface area contributed by atoms with Crippen molar-refractivity contribution in [2.75, 3.05) is 37.9 Å². The van der Waals surface area contributed by atoms with E-state index in [9.17, 15) is 0 Å². The predicted octanol–water partition coefficient (Wildman–Crippen LogP) is 2.59. The normalized spacial score (nSPS) is 10.4. The highest BCUT2D eigenvalue weighted by atomic mass is 16.5. The summed E-state index contributed by atoms with van der Waals surface area (Å²) in [5.74, 6) is 2.47. The molecule has 0 radical (unpaired) electrons. The van der Waals surface area contributed by atoms with Gasteiger partial charge in [0.2, 0.25) is 5.95 Å². The lowest BCUT2D eigenvalue weighted by Gasteiger charge is -2.19. The van der Waals surface area contributed by atoms with E-state index in [-0.39, 0.29) is 0 Å². The van der Waals surface area contributed by atoms with Crippen molar-refractivity contribution in [3.05, 3.63) is 24.3 Å². The van der Waals surface area contributed by atoms with Gasteiger partial charge in [-0.3, -0.25) is 0 Å². The van der Waals surface area contributed by atoms with Gasteiger partial charge in [0.15, 0.2) is 0 Å². The van der Waals surface area contributed by atoms with Crippen LogP contribution in [0.1, 0.15) is 13.8 Å². The van der Waals surface area contributed by atoms with Gasteiger partial charge in [0.1, 0.15) is 17.3 Å². The molecule has 1 aromatic carbocycles. The number of hydrogen-bond acceptors (Lipinski definition) is 6. The molecule has 2 N–H and O–H groups in total. The molecule has 1 heterocycles. The second-order valence-electron chi connectivity index (χ2n) is 4.75. The molecule has 0 aliphatic rings. The second kappa shape index (κ2) is 6.98. The molecule has 0 fully saturated rings. The average molecular weight is 302 g/mol. The number of nitrogen functional groups attached to an aromatic ring is 1. The molecule has 118 valence electrons. The van der Waals surface area contributed by atoms with Gasteiger partial charge in [-0.15, -0.1) is 0 Å². The maximum Gasteiger partial charge on any atom is 0.227 e. The number of rotatable bonds is 6. The lowest BCUT2D eigenvalue weighted by Crippen LogP contribution is -2.24. The number of nitrogens with two attached hydrogens (primary N) is 1. The van der Waals surface area contributed by atoms with Crippen LogP contribution in [-0.2, 0) is 0 Å². The molecular weight excluding hydrogens is 280 g/mol. The second-order valence-corrected chi connectivity index (χ2v) is 4.75. The summed E-state index contributed by atoms with van der Waals surface area (Å²) in [6.45, 7) is 5.76. The number of aromatic nitrogens is 2. The van der Waals surface area contributed by atoms with Crippen molar-refractivity contribution in [2.45, 2.75) is 13.8 Å². The van der Waals surface area contributed by atoms with E-state index in [1.165, 1.54) is 0 Å². The standard InChI is InChI=1S/C16H22N4O2/c1-5-20(6-2)16-18-14(10-15(17)19-16)11-7-12(21-3)9-13(8-11)22-4/h7-10H,5-6H2,1-4H3,(H2,17,18,19). The topological polar surface area (TPSA) is 73.5 Å². The van der Waals surface area contributed by atoms with Crippen molar-refractivity contribution in [1.29, 1.82) is 0 Å². The largest absolute Gasteiger partial charge is 0.497 e. The van der Waals surface area contributed by atoms with E-state index in [2.05, 4.69) is 28.7 Å². The van der Waals surface area contributed by atoms with E-state index in [1.807, 2.05) is 18.2 Å². The first kappa shape index (κ1) is 15.9. The maximum absolute atomic E-state index is 5.94. The molecule has 0 atom stereocenters. The minimum Gasteiger partial charge on any atom is -0.497 e. The summed E-state index contributed by atoms with van der Waals surface area (Å²) in [5.41, 5.74) is 7.56. The van der Waals surface area contributed by atoms with Gasteiger partial charge in [-0.2, -0.15) is 4.98 Å². The van der Waals surface area contributed by atoms with E-state index in [4.69, 9.17) is 15.2 Å². The third kappa shape index (κ3) is 3.39. The zero-order valence-electron chi connectivity index (χ0n) is 13.5. The number of hydrogen-bond donors (Lipinski definition) is 1. The molecule has 0 bridgehead atoms. The van der Waals surface area contributed by atoms with E-state index in [0.717, 1.165) is 24.3 Å². The van der Waals surface area contributed by atoms with Gasteiger partial charge in [0.05, 0.1) is 19.9 Å².